The average Bonchev–Trinajstić information content (AvgIpc) is 2.72. The lowest BCUT2D eigenvalue weighted by molar-refractivity contribution is -0.141. The van der Waals surface area contributed by atoms with Gasteiger partial charge >= 0.3 is 5.97 Å². The highest BCUT2D eigenvalue weighted by Gasteiger charge is 2.27. The van der Waals surface area contributed by atoms with E-state index < -0.39 is 0 Å². The minimum absolute atomic E-state index is 0.0901. The van der Waals surface area contributed by atoms with E-state index in [1.54, 1.807) is 0 Å². The van der Waals surface area contributed by atoms with E-state index in [0.29, 0.717) is 6.42 Å². The summed E-state index contributed by atoms with van der Waals surface area (Å²) in [5.74, 6) is 0.858. The van der Waals surface area contributed by atoms with E-state index in [9.17, 15) is 4.79 Å². The predicted octanol–water partition coefficient (Wildman–Crippen LogP) is 1.02. The zero-order chi connectivity index (χ0) is 18.2. The van der Waals surface area contributed by atoms with Crippen molar-refractivity contribution in [2.45, 2.75) is 44.6 Å². The Balaban J connectivity index is 1.28. The van der Waals surface area contributed by atoms with Crippen LogP contribution < -0.4 is 5.32 Å². The summed E-state index contributed by atoms with van der Waals surface area (Å²) in [6, 6.07) is 0.746. The van der Waals surface area contributed by atoms with Crippen molar-refractivity contribution in [3.05, 3.63) is 0 Å². The van der Waals surface area contributed by atoms with E-state index in [4.69, 9.17) is 4.74 Å². The number of nitrogens with one attached hydrogen (secondary N) is 1. The maximum Gasteiger partial charge on any atom is 0.306 e. The second-order valence-electron chi connectivity index (χ2n) is 8.26. The van der Waals surface area contributed by atoms with Crippen molar-refractivity contribution in [1.82, 2.24) is 20.0 Å². The molecule has 0 aromatic carbocycles. The van der Waals surface area contributed by atoms with E-state index in [-0.39, 0.29) is 5.97 Å². The van der Waals surface area contributed by atoms with Gasteiger partial charge in [0.05, 0.1) is 13.5 Å². The molecule has 0 spiro atoms. The first-order chi connectivity index (χ1) is 12.7. The fourth-order valence-electron chi connectivity index (χ4n) is 4.75. The summed E-state index contributed by atoms with van der Waals surface area (Å²) in [6.45, 7) is 11.8. The van der Waals surface area contributed by atoms with Crippen LogP contribution in [-0.4, -0.2) is 99.3 Å². The van der Waals surface area contributed by atoms with E-state index in [1.165, 1.54) is 85.0 Å². The Kier molecular flexibility index (Phi) is 8.17. The van der Waals surface area contributed by atoms with Crippen LogP contribution in [0.25, 0.3) is 0 Å². The number of hydrogen-bond donors (Lipinski definition) is 1. The molecule has 3 heterocycles. The number of hydrogen-bond acceptors (Lipinski definition) is 6. The lowest BCUT2D eigenvalue weighted by atomic mass is 9.94. The maximum absolute atomic E-state index is 11.3. The minimum atomic E-state index is -0.0901. The summed E-state index contributed by atoms with van der Waals surface area (Å²) >= 11 is 0. The SMILES string of the molecule is COC(=O)CCN1CCC(N2CCN(CCC3CCNCC3)CC2)CC1. The third-order valence-electron chi connectivity index (χ3n) is 6.65. The second-order valence-corrected chi connectivity index (χ2v) is 8.26. The highest BCUT2D eigenvalue weighted by Crippen LogP contribution is 2.20. The molecule has 3 saturated heterocycles. The minimum Gasteiger partial charge on any atom is -0.469 e. The van der Waals surface area contributed by atoms with Crippen molar-refractivity contribution in [2.75, 3.05) is 72.6 Å². The number of rotatable bonds is 7. The van der Waals surface area contributed by atoms with Crippen LogP contribution in [0.4, 0.5) is 0 Å². The molecule has 0 aromatic heterocycles. The lowest BCUT2D eigenvalue weighted by Crippen LogP contribution is -2.53. The van der Waals surface area contributed by atoms with Gasteiger partial charge in [-0.3, -0.25) is 9.69 Å². The Morgan fingerprint density at radius 1 is 0.923 bits per heavy atom. The quantitative estimate of drug-likeness (QED) is 0.679. The molecular formula is C20H38N4O2. The summed E-state index contributed by atoms with van der Waals surface area (Å²) in [6.07, 6.45) is 7.15. The van der Waals surface area contributed by atoms with Crippen LogP contribution in [0.2, 0.25) is 0 Å². The highest BCUT2D eigenvalue weighted by atomic mass is 16.5. The molecule has 0 unspecified atom stereocenters. The number of carbonyl (C=O) groups excluding carboxylic acids is 1. The van der Waals surface area contributed by atoms with Crippen LogP contribution in [0.5, 0.6) is 0 Å². The molecule has 0 saturated carbocycles. The standard InChI is InChI=1S/C20H38N4O2/c1-26-20(25)7-13-22-11-5-19(6-12-22)24-16-14-23(15-17-24)10-4-18-2-8-21-9-3-18/h18-19,21H,2-17H2,1H3. The van der Waals surface area contributed by atoms with Crippen molar-refractivity contribution in [3.8, 4) is 0 Å². The molecule has 0 aromatic rings. The number of piperazine rings is 1. The summed E-state index contributed by atoms with van der Waals surface area (Å²) in [5.41, 5.74) is 0. The molecule has 0 aliphatic carbocycles. The van der Waals surface area contributed by atoms with E-state index >= 15 is 0 Å². The second kappa shape index (κ2) is 10.6. The molecule has 0 bridgehead atoms. The van der Waals surface area contributed by atoms with E-state index in [0.717, 1.165) is 31.6 Å². The van der Waals surface area contributed by atoms with Crippen LogP contribution in [0.15, 0.2) is 0 Å². The Labute approximate surface area is 159 Å². The fraction of sp³-hybridized carbons (Fsp3) is 0.950. The van der Waals surface area contributed by atoms with Crippen LogP contribution in [0.1, 0.15) is 38.5 Å². The van der Waals surface area contributed by atoms with Gasteiger partial charge in [-0.2, -0.15) is 0 Å². The molecular weight excluding hydrogens is 328 g/mol. The van der Waals surface area contributed by atoms with Gasteiger partial charge in [0, 0.05) is 38.8 Å². The van der Waals surface area contributed by atoms with Gasteiger partial charge in [-0.05, 0) is 70.7 Å². The number of methoxy groups -OCH3 is 1. The van der Waals surface area contributed by atoms with Gasteiger partial charge in [0.25, 0.3) is 0 Å². The van der Waals surface area contributed by atoms with E-state index in [2.05, 4.69) is 20.0 Å². The Morgan fingerprint density at radius 3 is 2.23 bits per heavy atom. The maximum atomic E-state index is 11.3. The summed E-state index contributed by atoms with van der Waals surface area (Å²) in [5, 5.41) is 3.47. The van der Waals surface area contributed by atoms with Crippen LogP contribution in [-0.2, 0) is 9.53 Å². The first-order valence-corrected chi connectivity index (χ1v) is 10.7. The van der Waals surface area contributed by atoms with Crippen molar-refractivity contribution in [1.29, 1.82) is 0 Å². The fourth-order valence-corrected chi connectivity index (χ4v) is 4.75. The van der Waals surface area contributed by atoms with Gasteiger partial charge in [-0.1, -0.05) is 0 Å². The molecule has 3 aliphatic heterocycles. The molecule has 26 heavy (non-hydrogen) atoms. The molecule has 3 rings (SSSR count). The van der Waals surface area contributed by atoms with Gasteiger partial charge < -0.3 is 19.9 Å². The summed E-state index contributed by atoms with van der Waals surface area (Å²) in [7, 11) is 1.47. The molecule has 1 N–H and O–H groups in total. The smallest absolute Gasteiger partial charge is 0.306 e. The monoisotopic (exact) mass is 366 g/mol. The topological polar surface area (TPSA) is 48.1 Å². The van der Waals surface area contributed by atoms with Crippen LogP contribution in [0.3, 0.4) is 0 Å². The molecule has 0 amide bonds. The lowest BCUT2D eigenvalue weighted by Gasteiger charge is -2.43. The number of likely N-dealkylation sites (tertiary alicyclic amines) is 1. The molecule has 6 heteroatoms. The van der Waals surface area contributed by atoms with Crippen molar-refractivity contribution < 1.29 is 9.53 Å². The molecule has 6 nitrogen and oxygen atoms in total. The first kappa shape index (κ1) is 20.1. The van der Waals surface area contributed by atoms with Crippen molar-refractivity contribution >= 4 is 5.97 Å². The molecule has 3 aliphatic rings. The van der Waals surface area contributed by atoms with E-state index in [1.807, 2.05) is 0 Å². The normalized spacial score (nSPS) is 25.4. The van der Waals surface area contributed by atoms with Gasteiger partial charge in [0.1, 0.15) is 0 Å². The third-order valence-corrected chi connectivity index (χ3v) is 6.65. The molecule has 0 atom stereocenters. The number of nitrogens with zero attached hydrogens (tertiary/aromatic N) is 3. The van der Waals surface area contributed by atoms with Crippen molar-refractivity contribution in [2.24, 2.45) is 5.92 Å². The Bertz CT molecular complexity index is 412. The van der Waals surface area contributed by atoms with Crippen molar-refractivity contribution in [3.63, 3.8) is 0 Å². The number of carbonyl (C=O) groups is 1. The summed E-state index contributed by atoms with van der Waals surface area (Å²) < 4.78 is 4.74. The van der Waals surface area contributed by atoms with Gasteiger partial charge in [-0.15, -0.1) is 0 Å². The molecule has 150 valence electrons. The number of piperidine rings is 2. The summed E-state index contributed by atoms with van der Waals surface area (Å²) in [4.78, 5) is 19.1. The third kappa shape index (κ3) is 6.19. The first-order valence-electron chi connectivity index (χ1n) is 10.7. The molecule has 3 fully saturated rings. The van der Waals surface area contributed by atoms with Gasteiger partial charge in [0.2, 0.25) is 0 Å². The molecule has 0 radical (unpaired) electrons. The zero-order valence-electron chi connectivity index (χ0n) is 16.6. The number of esters is 1. The average molecular weight is 367 g/mol. The zero-order valence-corrected chi connectivity index (χ0v) is 16.6. The largest absolute Gasteiger partial charge is 0.469 e. The highest BCUT2D eigenvalue weighted by molar-refractivity contribution is 5.69. The Morgan fingerprint density at radius 2 is 1.58 bits per heavy atom. The van der Waals surface area contributed by atoms with Gasteiger partial charge in [0.15, 0.2) is 0 Å². The predicted molar refractivity (Wildman–Crippen MR) is 104 cm³/mol. The van der Waals surface area contributed by atoms with Crippen LogP contribution >= 0.6 is 0 Å². The Hall–Kier alpha value is -0.690. The van der Waals surface area contributed by atoms with Gasteiger partial charge in [-0.25, -0.2) is 0 Å². The number of ether oxygens (including phenoxy) is 1. The van der Waals surface area contributed by atoms with Crippen LogP contribution in [0, 0.1) is 5.92 Å².